The zero-order chi connectivity index (χ0) is 15.2. The number of nitrogens with one attached hydrogen (secondary N) is 1. The van der Waals surface area contributed by atoms with Crippen molar-refractivity contribution in [2.75, 3.05) is 11.9 Å². The van der Waals surface area contributed by atoms with Crippen molar-refractivity contribution in [1.82, 2.24) is 9.78 Å². The topological polar surface area (TPSA) is 46.9 Å². The van der Waals surface area contributed by atoms with Crippen LogP contribution in [-0.4, -0.2) is 16.3 Å². The maximum absolute atomic E-state index is 12.0. The summed E-state index contributed by atoms with van der Waals surface area (Å²) in [6.45, 7) is 0.836. The van der Waals surface area contributed by atoms with E-state index in [-0.39, 0.29) is 12.1 Å². The zero-order valence-corrected chi connectivity index (χ0v) is 13.5. The second kappa shape index (κ2) is 7.30. The van der Waals surface area contributed by atoms with Gasteiger partial charge in [0, 0.05) is 11.6 Å². The minimum Gasteiger partial charge on any atom is -0.382 e. The van der Waals surface area contributed by atoms with Crippen molar-refractivity contribution in [3.8, 4) is 12.3 Å². The van der Waals surface area contributed by atoms with Crippen molar-refractivity contribution in [1.29, 1.82) is 0 Å². The van der Waals surface area contributed by atoms with Crippen LogP contribution in [-0.2, 0) is 13.0 Å². The van der Waals surface area contributed by atoms with E-state index in [0.29, 0.717) is 16.7 Å². The van der Waals surface area contributed by atoms with Crippen LogP contribution in [0.3, 0.4) is 0 Å². The van der Waals surface area contributed by atoms with Crippen LogP contribution < -0.4 is 10.9 Å². The van der Waals surface area contributed by atoms with Gasteiger partial charge >= 0.3 is 0 Å². The highest BCUT2D eigenvalue weighted by Gasteiger charge is 2.07. The predicted octanol–water partition coefficient (Wildman–Crippen LogP) is 2.95. The Labute approximate surface area is 136 Å². The van der Waals surface area contributed by atoms with Crippen LogP contribution >= 0.6 is 27.5 Å². The molecule has 0 fully saturated rings. The van der Waals surface area contributed by atoms with Crippen LogP contribution in [0.25, 0.3) is 0 Å². The minimum atomic E-state index is -0.246. The van der Waals surface area contributed by atoms with E-state index < -0.39 is 0 Å². The maximum Gasteiger partial charge on any atom is 0.284 e. The second-order valence-corrected chi connectivity index (χ2v) is 5.57. The van der Waals surface area contributed by atoms with Crippen LogP contribution in [0.5, 0.6) is 0 Å². The molecule has 0 aliphatic heterocycles. The first-order valence-corrected chi connectivity index (χ1v) is 7.46. The standard InChI is InChI=1S/C15H13BrClN3O/c1-2-9-20-15(21)14(16)13(10-19-20)18-8-7-11-3-5-12(17)6-4-11/h1,3-6,10,18H,7-9H2. The molecule has 0 aliphatic carbocycles. The van der Waals surface area contributed by atoms with Gasteiger partial charge < -0.3 is 5.32 Å². The number of terminal acetylenes is 1. The van der Waals surface area contributed by atoms with Gasteiger partial charge in [0.05, 0.1) is 11.9 Å². The molecule has 4 nitrogen and oxygen atoms in total. The minimum absolute atomic E-state index is 0.155. The first kappa shape index (κ1) is 15.6. The highest BCUT2D eigenvalue weighted by molar-refractivity contribution is 9.10. The largest absolute Gasteiger partial charge is 0.382 e. The van der Waals surface area contributed by atoms with E-state index in [2.05, 4.69) is 32.3 Å². The number of halogens is 2. The number of anilines is 1. The van der Waals surface area contributed by atoms with Gasteiger partial charge in [-0.15, -0.1) is 6.42 Å². The fraction of sp³-hybridized carbons (Fsp3) is 0.200. The van der Waals surface area contributed by atoms with E-state index in [9.17, 15) is 4.79 Å². The average molecular weight is 367 g/mol. The molecule has 0 spiro atoms. The van der Waals surface area contributed by atoms with Gasteiger partial charge in [-0.25, -0.2) is 4.68 Å². The van der Waals surface area contributed by atoms with Crippen molar-refractivity contribution in [2.45, 2.75) is 13.0 Å². The number of hydrogen-bond acceptors (Lipinski definition) is 3. The molecule has 21 heavy (non-hydrogen) atoms. The normalized spacial score (nSPS) is 10.1. The maximum atomic E-state index is 12.0. The molecule has 108 valence electrons. The highest BCUT2D eigenvalue weighted by Crippen LogP contribution is 2.16. The molecule has 2 aromatic rings. The summed E-state index contributed by atoms with van der Waals surface area (Å²) in [6, 6.07) is 7.66. The fourth-order valence-corrected chi connectivity index (χ4v) is 2.35. The summed E-state index contributed by atoms with van der Waals surface area (Å²) in [6.07, 6.45) is 7.59. The van der Waals surface area contributed by atoms with Gasteiger partial charge in [-0.3, -0.25) is 4.79 Å². The third kappa shape index (κ3) is 4.10. The van der Waals surface area contributed by atoms with Gasteiger partial charge in [0.1, 0.15) is 11.0 Å². The van der Waals surface area contributed by atoms with Crippen molar-refractivity contribution in [2.24, 2.45) is 0 Å². The molecular weight excluding hydrogens is 354 g/mol. The molecule has 0 saturated carbocycles. The molecule has 0 bridgehead atoms. The summed E-state index contributed by atoms with van der Waals surface area (Å²) in [5.74, 6) is 2.39. The van der Waals surface area contributed by atoms with E-state index in [1.807, 2.05) is 24.3 Å². The van der Waals surface area contributed by atoms with E-state index in [1.165, 1.54) is 4.68 Å². The number of nitrogens with zero attached hydrogens (tertiary/aromatic N) is 2. The molecule has 0 aliphatic rings. The predicted molar refractivity (Wildman–Crippen MR) is 88.7 cm³/mol. The van der Waals surface area contributed by atoms with E-state index in [0.717, 1.165) is 17.0 Å². The van der Waals surface area contributed by atoms with E-state index >= 15 is 0 Å². The summed E-state index contributed by atoms with van der Waals surface area (Å²) >= 11 is 9.11. The van der Waals surface area contributed by atoms with Gasteiger partial charge in [-0.1, -0.05) is 29.7 Å². The molecule has 2 rings (SSSR count). The quantitative estimate of drug-likeness (QED) is 0.828. The number of hydrogen-bond donors (Lipinski definition) is 1. The van der Waals surface area contributed by atoms with Crippen LogP contribution in [0, 0.1) is 12.3 Å². The first-order chi connectivity index (χ1) is 10.1. The summed E-state index contributed by atoms with van der Waals surface area (Å²) < 4.78 is 1.66. The van der Waals surface area contributed by atoms with Crippen molar-refractivity contribution in [3.05, 3.63) is 55.9 Å². The van der Waals surface area contributed by atoms with Gasteiger partial charge in [0.2, 0.25) is 0 Å². The van der Waals surface area contributed by atoms with Gasteiger partial charge in [-0.05, 0) is 40.0 Å². The Kier molecular flexibility index (Phi) is 5.43. The fourth-order valence-electron chi connectivity index (χ4n) is 1.78. The van der Waals surface area contributed by atoms with Crippen LogP contribution in [0.1, 0.15) is 5.56 Å². The van der Waals surface area contributed by atoms with E-state index in [4.69, 9.17) is 18.0 Å². The molecule has 0 radical (unpaired) electrons. The van der Waals surface area contributed by atoms with Gasteiger partial charge in [0.15, 0.2) is 0 Å². The van der Waals surface area contributed by atoms with Crippen LogP contribution in [0.2, 0.25) is 5.02 Å². The first-order valence-electron chi connectivity index (χ1n) is 6.29. The molecule has 0 amide bonds. The van der Waals surface area contributed by atoms with Crippen molar-refractivity contribution >= 4 is 33.2 Å². The molecule has 1 aromatic carbocycles. The Hall–Kier alpha value is -1.77. The molecule has 0 saturated heterocycles. The molecule has 0 unspecified atom stereocenters. The Morgan fingerprint density at radius 2 is 2.10 bits per heavy atom. The molecule has 1 aromatic heterocycles. The summed E-state index contributed by atoms with van der Waals surface area (Å²) in [4.78, 5) is 12.0. The van der Waals surface area contributed by atoms with E-state index in [1.54, 1.807) is 6.20 Å². The van der Waals surface area contributed by atoms with Crippen molar-refractivity contribution < 1.29 is 0 Å². The highest BCUT2D eigenvalue weighted by atomic mass is 79.9. The monoisotopic (exact) mass is 365 g/mol. The summed E-state index contributed by atoms with van der Waals surface area (Å²) in [7, 11) is 0. The Morgan fingerprint density at radius 1 is 1.38 bits per heavy atom. The summed E-state index contributed by atoms with van der Waals surface area (Å²) in [5.41, 5.74) is 1.57. The lowest BCUT2D eigenvalue weighted by atomic mass is 10.1. The Morgan fingerprint density at radius 3 is 2.76 bits per heavy atom. The smallest absolute Gasteiger partial charge is 0.284 e. The van der Waals surface area contributed by atoms with Crippen LogP contribution in [0.15, 0.2) is 39.7 Å². The molecular formula is C15H13BrClN3O. The Balaban J connectivity index is 2.01. The SMILES string of the molecule is C#CCn1ncc(NCCc2ccc(Cl)cc2)c(Br)c1=O. The van der Waals surface area contributed by atoms with Crippen molar-refractivity contribution in [3.63, 3.8) is 0 Å². The molecule has 6 heteroatoms. The lowest BCUT2D eigenvalue weighted by Crippen LogP contribution is -2.24. The lowest BCUT2D eigenvalue weighted by Gasteiger charge is -2.09. The average Bonchev–Trinajstić information content (AvgIpc) is 2.48. The third-order valence-corrected chi connectivity index (χ3v) is 3.89. The number of rotatable bonds is 5. The Bertz CT molecular complexity index is 719. The zero-order valence-electron chi connectivity index (χ0n) is 11.1. The molecule has 1 N–H and O–H groups in total. The molecule has 0 atom stereocenters. The van der Waals surface area contributed by atoms with Crippen LogP contribution in [0.4, 0.5) is 5.69 Å². The lowest BCUT2D eigenvalue weighted by molar-refractivity contribution is 0.659. The van der Waals surface area contributed by atoms with Gasteiger partial charge in [-0.2, -0.15) is 5.10 Å². The summed E-state index contributed by atoms with van der Waals surface area (Å²) in [5, 5.41) is 7.91. The third-order valence-electron chi connectivity index (χ3n) is 2.87. The number of aromatic nitrogens is 2. The molecule has 1 heterocycles. The number of benzene rings is 1. The van der Waals surface area contributed by atoms with Gasteiger partial charge in [0.25, 0.3) is 5.56 Å². The second-order valence-electron chi connectivity index (χ2n) is 4.34.